The minimum atomic E-state index is -0.763. The minimum Gasteiger partial charge on any atom is -0.481 e. The summed E-state index contributed by atoms with van der Waals surface area (Å²) in [6, 6.07) is 0.0469. The first-order valence-corrected chi connectivity index (χ1v) is 6.40. The fourth-order valence-corrected chi connectivity index (χ4v) is 2.69. The van der Waals surface area contributed by atoms with Gasteiger partial charge in [0.15, 0.2) is 0 Å². The average molecular weight is 318 g/mol. The van der Waals surface area contributed by atoms with Gasteiger partial charge in [0.1, 0.15) is 6.20 Å². The van der Waals surface area contributed by atoms with E-state index in [-0.39, 0.29) is 22.3 Å². The summed E-state index contributed by atoms with van der Waals surface area (Å²) in [6.45, 7) is 0. The third-order valence-electron chi connectivity index (χ3n) is 3.29. The maximum atomic E-state index is 10.8. The smallest absolute Gasteiger partial charge is 0.321 e. The van der Waals surface area contributed by atoms with E-state index >= 15 is 0 Å². The molecule has 98 valence electrons. The monoisotopic (exact) mass is 317 g/mol. The average Bonchev–Trinajstić information content (AvgIpc) is 2.71. The van der Waals surface area contributed by atoms with Gasteiger partial charge in [0.05, 0.1) is 16.9 Å². The second-order valence-electron chi connectivity index (χ2n) is 4.39. The van der Waals surface area contributed by atoms with Crippen molar-refractivity contribution in [2.24, 2.45) is 5.92 Å². The molecule has 1 N–H and O–H groups in total. The number of carboxylic acid groups (broad SMARTS) is 1. The number of nitro groups is 1. The van der Waals surface area contributed by atoms with Gasteiger partial charge in [-0.25, -0.2) is 0 Å². The van der Waals surface area contributed by atoms with Gasteiger partial charge in [-0.05, 0) is 41.6 Å². The zero-order valence-electron chi connectivity index (χ0n) is 9.45. The molecular weight excluding hydrogens is 306 g/mol. The van der Waals surface area contributed by atoms with Crippen LogP contribution in [0.2, 0.25) is 0 Å². The highest BCUT2D eigenvalue weighted by atomic mass is 79.9. The van der Waals surface area contributed by atoms with Crippen molar-refractivity contribution in [2.75, 3.05) is 0 Å². The lowest BCUT2D eigenvalue weighted by Gasteiger charge is -2.25. The standard InChI is InChI=1S/C10H12BrN3O4/c11-9-8(14(17)18)5-13(12-9)7-3-1-6(2-4-7)10(15)16/h5-7H,1-4H2,(H,15,16). The molecule has 0 aliphatic heterocycles. The molecule has 1 saturated carbocycles. The molecule has 0 aromatic carbocycles. The summed E-state index contributed by atoms with van der Waals surface area (Å²) in [5.41, 5.74) is -0.0599. The van der Waals surface area contributed by atoms with Gasteiger partial charge in [-0.1, -0.05) is 0 Å². The summed E-state index contributed by atoms with van der Waals surface area (Å²) < 4.78 is 1.79. The summed E-state index contributed by atoms with van der Waals surface area (Å²) in [5.74, 6) is -1.06. The second kappa shape index (κ2) is 5.05. The molecule has 1 fully saturated rings. The van der Waals surface area contributed by atoms with Crippen LogP contribution in [0.1, 0.15) is 31.7 Å². The first kappa shape index (κ1) is 13.0. The van der Waals surface area contributed by atoms with E-state index in [1.54, 1.807) is 4.68 Å². The number of halogens is 1. The van der Waals surface area contributed by atoms with Crippen LogP contribution in [0.4, 0.5) is 5.69 Å². The number of rotatable bonds is 3. The Labute approximate surface area is 111 Å². The third kappa shape index (κ3) is 2.53. The van der Waals surface area contributed by atoms with Crippen LogP contribution in [0, 0.1) is 16.0 Å². The largest absolute Gasteiger partial charge is 0.481 e. The van der Waals surface area contributed by atoms with E-state index in [1.165, 1.54) is 6.20 Å². The van der Waals surface area contributed by atoms with Crippen LogP contribution in [0.3, 0.4) is 0 Å². The third-order valence-corrected chi connectivity index (χ3v) is 3.85. The summed E-state index contributed by atoms with van der Waals surface area (Å²) in [5, 5.41) is 23.7. The molecule has 2 rings (SSSR count). The number of hydrogen-bond acceptors (Lipinski definition) is 4. The van der Waals surface area contributed by atoms with Crippen molar-refractivity contribution in [2.45, 2.75) is 31.7 Å². The predicted molar refractivity (Wildman–Crippen MR) is 65.2 cm³/mol. The van der Waals surface area contributed by atoms with Gasteiger partial charge in [-0.3, -0.25) is 19.6 Å². The van der Waals surface area contributed by atoms with Crippen molar-refractivity contribution in [3.63, 3.8) is 0 Å². The van der Waals surface area contributed by atoms with E-state index in [2.05, 4.69) is 21.0 Å². The molecule has 1 aromatic rings. The topological polar surface area (TPSA) is 98.3 Å². The number of hydrogen-bond donors (Lipinski definition) is 1. The van der Waals surface area contributed by atoms with E-state index in [1.807, 2.05) is 0 Å². The predicted octanol–water partition coefficient (Wildman–Crippen LogP) is 2.37. The Morgan fingerprint density at radius 3 is 2.56 bits per heavy atom. The van der Waals surface area contributed by atoms with Crippen LogP contribution in [0.15, 0.2) is 10.8 Å². The Morgan fingerprint density at radius 1 is 1.50 bits per heavy atom. The fourth-order valence-electron chi connectivity index (χ4n) is 2.26. The molecule has 1 heterocycles. The Kier molecular flexibility index (Phi) is 3.65. The second-order valence-corrected chi connectivity index (χ2v) is 5.14. The van der Waals surface area contributed by atoms with Crippen LogP contribution >= 0.6 is 15.9 Å². The maximum absolute atomic E-state index is 10.8. The van der Waals surface area contributed by atoms with Crippen molar-refractivity contribution >= 4 is 27.6 Å². The molecule has 1 aromatic heterocycles. The summed E-state index contributed by atoms with van der Waals surface area (Å²) >= 11 is 3.05. The molecular formula is C10H12BrN3O4. The van der Waals surface area contributed by atoms with E-state index in [0.717, 1.165) is 0 Å². The van der Waals surface area contributed by atoms with Crippen molar-refractivity contribution in [3.8, 4) is 0 Å². The maximum Gasteiger partial charge on any atom is 0.321 e. The lowest BCUT2D eigenvalue weighted by atomic mass is 9.86. The lowest BCUT2D eigenvalue weighted by Crippen LogP contribution is -2.23. The number of nitrogens with zero attached hydrogens (tertiary/aromatic N) is 3. The molecule has 0 amide bonds. The highest BCUT2D eigenvalue weighted by Crippen LogP contribution is 2.34. The number of carbonyl (C=O) groups is 1. The quantitative estimate of drug-likeness (QED) is 0.681. The Morgan fingerprint density at radius 2 is 2.11 bits per heavy atom. The van der Waals surface area contributed by atoms with E-state index < -0.39 is 10.9 Å². The van der Waals surface area contributed by atoms with Crippen LogP contribution in [-0.2, 0) is 4.79 Å². The molecule has 0 saturated heterocycles. The highest BCUT2D eigenvalue weighted by molar-refractivity contribution is 9.10. The molecule has 8 heteroatoms. The molecule has 0 spiro atoms. The van der Waals surface area contributed by atoms with Gasteiger partial charge in [0.2, 0.25) is 4.60 Å². The van der Waals surface area contributed by atoms with Gasteiger partial charge in [0, 0.05) is 0 Å². The van der Waals surface area contributed by atoms with Crippen LogP contribution in [0.25, 0.3) is 0 Å². The molecule has 1 aliphatic carbocycles. The highest BCUT2D eigenvalue weighted by Gasteiger charge is 2.29. The Bertz CT molecular complexity index is 479. The minimum absolute atomic E-state index is 0.0469. The van der Waals surface area contributed by atoms with Crippen LogP contribution in [-0.4, -0.2) is 25.8 Å². The van der Waals surface area contributed by atoms with Crippen molar-refractivity contribution in [3.05, 3.63) is 20.9 Å². The van der Waals surface area contributed by atoms with E-state index in [4.69, 9.17) is 5.11 Å². The molecule has 0 atom stereocenters. The summed E-state index contributed by atoms with van der Waals surface area (Å²) in [4.78, 5) is 21.0. The normalized spacial score (nSPS) is 23.8. The van der Waals surface area contributed by atoms with E-state index in [9.17, 15) is 14.9 Å². The number of aromatic nitrogens is 2. The van der Waals surface area contributed by atoms with Gasteiger partial charge in [-0.15, -0.1) is 0 Å². The fraction of sp³-hybridized carbons (Fsp3) is 0.600. The zero-order valence-corrected chi connectivity index (χ0v) is 11.0. The van der Waals surface area contributed by atoms with Crippen LogP contribution in [0.5, 0.6) is 0 Å². The molecule has 1 aliphatic rings. The summed E-state index contributed by atoms with van der Waals surface area (Å²) in [7, 11) is 0. The summed E-state index contributed by atoms with van der Waals surface area (Å²) in [6.07, 6.45) is 3.94. The molecule has 18 heavy (non-hydrogen) atoms. The molecule has 0 bridgehead atoms. The Hall–Kier alpha value is -1.44. The number of aliphatic carboxylic acids is 1. The van der Waals surface area contributed by atoms with Crippen molar-refractivity contribution < 1.29 is 14.8 Å². The van der Waals surface area contributed by atoms with Crippen molar-refractivity contribution in [1.29, 1.82) is 0 Å². The van der Waals surface area contributed by atoms with Crippen LogP contribution < -0.4 is 0 Å². The first-order chi connectivity index (χ1) is 8.49. The van der Waals surface area contributed by atoms with Gasteiger partial charge < -0.3 is 5.11 Å². The molecule has 0 unspecified atom stereocenters. The van der Waals surface area contributed by atoms with E-state index in [0.29, 0.717) is 25.7 Å². The first-order valence-electron chi connectivity index (χ1n) is 5.61. The lowest BCUT2D eigenvalue weighted by molar-refractivity contribution is -0.385. The van der Waals surface area contributed by atoms with Crippen molar-refractivity contribution in [1.82, 2.24) is 9.78 Å². The SMILES string of the molecule is O=C(O)C1CCC(n2cc([N+](=O)[O-])c(Br)n2)CC1. The van der Waals surface area contributed by atoms with Gasteiger partial charge in [0.25, 0.3) is 0 Å². The van der Waals surface area contributed by atoms with Gasteiger partial charge >= 0.3 is 11.7 Å². The molecule has 7 nitrogen and oxygen atoms in total. The van der Waals surface area contributed by atoms with Gasteiger partial charge in [-0.2, -0.15) is 5.10 Å². The number of carboxylic acids is 1. The Balaban J connectivity index is 2.08. The molecule has 0 radical (unpaired) electrons. The zero-order chi connectivity index (χ0) is 13.3.